The van der Waals surface area contributed by atoms with Crippen LogP contribution in [0.5, 0.6) is 5.75 Å². The number of ether oxygens (including phenoxy) is 1. The zero-order chi connectivity index (χ0) is 17.7. The second-order valence-corrected chi connectivity index (χ2v) is 7.07. The Morgan fingerprint density at radius 2 is 1.74 bits per heavy atom. The van der Waals surface area contributed by atoms with Crippen LogP contribution in [0.4, 0.5) is 0 Å². The van der Waals surface area contributed by atoms with E-state index in [4.69, 9.17) is 9.84 Å². The maximum Gasteiger partial charge on any atom is 0.309 e. The first kappa shape index (κ1) is 19.0. The Morgan fingerprint density at radius 1 is 1.13 bits per heavy atom. The van der Waals surface area contributed by atoms with Gasteiger partial charge in [0.15, 0.2) is 0 Å². The molecule has 0 saturated heterocycles. The summed E-state index contributed by atoms with van der Waals surface area (Å²) in [7, 11) is 1.61. The summed E-state index contributed by atoms with van der Waals surface area (Å²) >= 11 is 0. The predicted molar refractivity (Wildman–Crippen MR) is 89.5 cm³/mol. The normalized spacial score (nSPS) is 11.9. The standard InChI is InChI=1S/C18H27NO4/c1-17(2,16(21)22)10-11-19-15(20)18(3,4)12-13-8-6-7-9-14(13)23-5/h6-9H,10-12H2,1-5H3,(H,19,20)(H,21,22). The first-order valence-corrected chi connectivity index (χ1v) is 7.74. The first-order chi connectivity index (χ1) is 10.6. The van der Waals surface area contributed by atoms with Crippen LogP contribution in [0.25, 0.3) is 0 Å². The molecule has 128 valence electrons. The Labute approximate surface area is 138 Å². The summed E-state index contributed by atoms with van der Waals surface area (Å²) in [6, 6.07) is 7.63. The lowest BCUT2D eigenvalue weighted by Gasteiger charge is -2.26. The number of methoxy groups -OCH3 is 1. The molecule has 2 N–H and O–H groups in total. The van der Waals surface area contributed by atoms with Gasteiger partial charge in [-0.05, 0) is 38.3 Å². The third-order valence-corrected chi connectivity index (χ3v) is 4.05. The number of nitrogens with one attached hydrogen (secondary N) is 1. The Kier molecular flexibility index (Phi) is 6.19. The van der Waals surface area contributed by atoms with E-state index in [0.717, 1.165) is 11.3 Å². The first-order valence-electron chi connectivity index (χ1n) is 7.74. The van der Waals surface area contributed by atoms with Crippen molar-refractivity contribution < 1.29 is 19.4 Å². The van der Waals surface area contributed by atoms with E-state index in [9.17, 15) is 9.59 Å². The number of amides is 1. The SMILES string of the molecule is COc1ccccc1CC(C)(C)C(=O)NCCC(C)(C)C(=O)O. The summed E-state index contributed by atoms with van der Waals surface area (Å²) in [5.74, 6) is -0.190. The van der Waals surface area contributed by atoms with E-state index in [1.54, 1.807) is 21.0 Å². The number of hydrogen-bond acceptors (Lipinski definition) is 3. The molecule has 0 aliphatic carbocycles. The van der Waals surface area contributed by atoms with Gasteiger partial charge >= 0.3 is 5.97 Å². The minimum atomic E-state index is -0.861. The van der Waals surface area contributed by atoms with Crippen LogP contribution in [0, 0.1) is 10.8 Å². The Morgan fingerprint density at radius 3 is 2.30 bits per heavy atom. The Balaban J connectivity index is 2.65. The van der Waals surface area contributed by atoms with E-state index < -0.39 is 16.8 Å². The zero-order valence-corrected chi connectivity index (χ0v) is 14.6. The van der Waals surface area contributed by atoms with E-state index in [1.807, 2.05) is 38.1 Å². The molecular formula is C18H27NO4. The number of carbonyl (C=O) groups excluding carboxylic acids is 1. The smallest absolute Gasteiger partial charge is 0.309 e. The van der Waals surface area contributed by atoms with Crippen molar-refractivity contribution in [2.45, 2.75) is 40.5 Å². The molecule has 0 aromatic heterocycles. The molecule has 0 radical (unpaired) electrons. The molecule has 0 heterocycles. The molecule has 0 spiro atoms. The van der Waals surface area contributed by atoms with Crippen LogP contribution >= 0.6 is 0 Å². The monoisotopic (exact) mass is 321 g/mol. The van der Waals surface area contributed by atoms with Crippen molar-refractivity contribution in [3.05, 3.63) is 29.8 Å². The number of carboxylic acid groups (broad SMARTS) is 1. The van der Waals surface area contributed by atoms with Crippen molar-refractivity contribution in [2.24, 2.45) is 10.8 Å². The Hall–Kier alpha value is -2.04. The van der Waals surface area contributed by atoms with Crippen LogP contribution < -0.4 is 10.1 Å². The van der Waals surface area contributed by atoms with Crippen molar-refractivity contribution in [2.75, 3.05) is 13.7 Å². The molecule has 0 aliphatic rings. The highest BCUT2D eigenvalue weighted by atomic mass is 16.5. The quantitative estimate of drug-likeness (QED) is 0.772. The number of benzene rings is 1. The van der Waals surface area contributed by atoms with Crippen LogP contribution in [-0.2, 0) is 16.0 Å². The van der Waals surface area contributed by atoms with Gasteiger partial charge in [-0.15, -0.1) is 0 Å². The van der Waals surface area contributed by atoms with Crippen LogP contribution in [0.2, 0.25) is 0 Å². The van der Waals surface area contributed by atoms with Crippen LogP contribution in [0.1, 0.15) is 39.7 Å². The fraction of sp³-hybridized carbons (Fsp3) is 0.556. The highest BCUT2D eigenvalue weighted by Gasteiger charge is 2.31. The molecule has 1 amide bonds. The molecule has 23 heavy (non-hydrogen) atoms. The lowest BCUT2D eigenvalue weighted by molar-refractivity contribution is -0.147. The lowest BCUT2D eigenvalue weighted by atomic mass is 9.84. The zero-order valence-electron chi connectivity index (χ0n) is 14.6. The van der Waals surface area contributed by atoms with Gasteiger partial charge in [-0.3, -0.25) is 9.59 Å². The Bertz CT molecular complexity index is 564. The van der Waals surface area contributed by atoms with E-state index in [1.165, 1.54) is 0 Å². The largest absolute Gasteiger partial charge is 0.496 e. The second-order valence-electron chi connectivity index (χ2n) is 7.07. The minimum absolute atomic E-state index is 0.0930. The third kappa shape index (κ3) is 5.27. The summed E-state index contributed by atoms with van der Waals surface area (Å²) in [5, 5.41) is 11.9. The van der Waals surface area contributed by atoms with Gasteiger partial charge in [0, 0.05) is 12.0 Å². The number of rotatable bonds is 8. The van der Waals surface area contributed by atoms with Crippen LogP contribution in [0.3, 0.4) is 0 Å². The van der Waals surface area contributed by atoms with Crippen LogP contribution in [0.15, 0.2) is 24.3 Å². The van der Waals surface area contributed by atoms with E-state index in [-0.39, 0.29) is 5.91 Å². The number of para-hydroxylation sites is 1. The highest BCUT2D eigenvalue weighted by molar-refractivity contribution is 5.82. The average molecular weight is 321 g/mol. The molecule has 0 saturated carbocycles. The fourth-order valence-electron chi connectivity index (χ4n) is 2.24. The summed E-state index contributed by atoms with van der Waals surface area (Å²) in [4.78, 5) is 23.5. The molecule has 1 aromatic carbocycles. The summed E-state index contributed by atoms with van der Waals surface area (Å²) in [5.41, 5.74) is -0.483. The van der Waals surface area contributed by atoms with E-state index in [0.29, 0.717) is 19.4 Å². The minimum Gasteiger partial charge on any atom is -0.496 e. The molecule has 0 bridgehead atoms. The molecule has 5 nitrogen and oxygen atoms in total. The topological polar surface area (TPSA) is 75.6 Å². The van der Waals surface area contributed by atoms with Crippen LogP contribution in [-0.4, -0.2) is 30.6 Å². The molecule has 1 rings (SSSR count). The molecule has 0 unspecified atom stereocenters. The van der Waals surface area contributed by atoms with Gasteiger partial charge < -0.3 is 15.2 Å². The molecule has 0 atom stereocenters. The number of carboxylic acids is 1. The summed E-state index contributed by atoms with van der Waals surface area (Å²) < 4.78 is 5.33. The number of hydrogen-bond donors (Lipinski definition) is 2. The van der Waals surface area contributed by atoms with Gasteiger partial charge in [-0.1, -0.05) is 32.0 Å². The average Bonchev–Trinajstić information content (AvgIpc) is 2.46. The van der Waals surface area contributed by atoms with Crippen molar-refractivity contribution in [1.82, 2.24) is 5.32 Å². The second kappa shape index (κ2) is 7.49. The van der Waals surface area contributed by atoms with Crippen molar-refractivity contribution in [3.8, 4) is 5.75 Å². The summed E-state index contributed by atoms with van der Waals surface area (Å²) in [6.07, 6.45) is 0.935. The van der Waals surface area contributed by atoms with Gasteiger partial charge in [0.05, 0.1) is 12.5 Å². The van der Waals surface area contributed by atoms with Gasteiger partial charge in [0.25, 0.3) is 0 Å². The van der Waals surface area contributed by atoms with Gasteiger partial charge in [-0.2, -0.15) is 0 Å². The van der Waals surface area contributed by atoms with E-state index in [2.05, 4.69) is 5.32 Å². The third-order valence-electron chi connectivity index (χ3n) is 4.05. The summed E-state index contributed by atoms with van der Waals surface area (Å²) in [6.45, 7) is 7.39. The van der Waals surface area contributed by atoms with E-state index >= 15 is 0 Å². The van der Waals surface area contributed by atoms with Gasteiger partial charge in [0.1, 0.15) is 5.75 Å². The van der Waals surface area contributed by atoms with Crippen molar-refractivity contribution in [1.29, 1.82) is 0 Å². The molecule has 5 heteroatoms. The van der Waals surface area contributed by atoms with Crippen molar-refractivity contribution in [3.63, 3.8) is 0 Å². The highest BCUT2D eigenvalue weighted by Crippen LogP contribution is 2.28. The van der Waals surface area contributed by atoms with Gasteiger partial charge in [0.2, 0.25) is 5.91 Å². The number of carbonyl (C=O) groups is 2. The van der Waals surface area contributed by atoms with Crippen molar-refractivity contribution >= 4 is 11.9 Å². The maximum absolute atomic E-state index is 12.4. The predicted octanol–water partition coefficient (Wildman–Crippen LogP) is 2.88. The van der Waals surface area contributed by atoms with Gasteiger partial charge in [-0.25, -0.2) is 0 Å². The fourth-order valence-corrected chi connectivity index (χ4v) is 2.24. The maximum atomic E-state index is 12.4. The molecule has 1 aromatic rings. The molecular weight excluding hydrogens is 294 g/mol. The number of aliphatic carboxylic acids is 1. The molecule has 0 fully saturated rings. The molecule has 0 aliphatic heterocycles. The lowest BCUT2D eigenvalue weighted by Crippen LogP contribution is -2.40.